The molecule has 2 aromatic carbocycles. The molecule has 0 aliphatic carbocycles. The van der Waals surface area contributed by atoms with Crippen LogP contribution in [0.5, 0.6) is 5.75 Å². The zero-order chi connectivity index (χ0) is 19.5. The van der Waals surface area contributed by atoms with E-state index >= 15 is 0 Å². The van der Waals surface area contributed by atoms with Crippen molar-refractivity contribution in [1.29, 1.82) is 0 Å². The molecule has 1 aliphatic heterocycles. The topological polar surface area (TPSA) is 79.7 Å². The number of carbonyl (C=O) groups is 2. The maximum atomic E-state index is 13.1. The zero-order valence-electron chi connectivity index (χ0n) is 14.9. The van der Waals surface area contributed by atoms with Crippen LogP contribution >= 0.6 is 11.3 Å². The van der Waals surface area contributed by atoms with Crippen molar-refractivity contribution in [2.75, 3.05) is 0 Å². The number of fused-ring (bicyclic) bond motifs is 1. The highest BCUT2D eigenvalue weighted by Crippen LogP contribution is 2.26. The summed E-state index contributed by atoms with van der Waals surface area (Å²) < 4.78 is 5.72. The van der Waals surface area contributed by atoms with Gasteiger partial charge >= 0.3 is 5.97 Å². The third-order valence-corrected chi connectivity index (χ3v) is 5.38. The van der Waals surface area contributed by atoms with Gasteiger partial charge in [0.15, 0.2) is 0 Å². The number of carboxylic acid groups (broad SMARTS) is 1. The van der Waals surface area contributed by atoms with Crippen LogP contribution in [-0.4, -0.2) is 32.9 Å². The zero-order valence-corrected chi connectivity index (χ0v) is 15.8. The van der Waals surface area contributed by atoms with E-state index in [1.54, 1.807) is 29.8 Å². The largest absolute Gasteiger partial charge is 0.487 e. The molecule has 142 valence electrons. The first kappa shape index (κ1) is 18.2. The minimum Gasteiger partial charge on any atom is -0.487 e. The molecule has 3 aromatic rings. The fraction of sp³-hybridized carbons (Fsp3) is 0.190. The van der Waals surface area contributed by atoms with Gasteiger partial charge in [0, 0.05) is 23.9 Å². The van der Waals surface area contributed by atoms with E-state index in [0.717, 1.165) is 16.8 Å². The van der Waals surface area contributed by atoms with Gasteiger partial charge in [-0.15, -0.1) is 11.3 Å². The Balaban J connectivity index is 1.56. The molecule has 2 heterocycles. The summed E-state index contributed by atoms with van der Waals surface area (Å²) in [5.74, 6) is -0.775. The van der Waals surface area contributed by atoms with Crippen LogP contribution in [0.2, 0.25) is 0 Å². The fourth-order valence-electron chi connectivity index (χ4n) is 3.31. The van der Waals surface area contributed by atoms with Gasteiger partial charge in [0.05, 0.1) is 11.2 Å². The fourth-order valence-corrected chi connectivity index (χ4v) is 3.85. The Morgan fingerprint density at radius 3 is 2.75 bits per heavy atom. The molecule has 1 N–H and O–H groups in total. The second-order valence-electron chi connectivity index (χ2n) is 6.56. The lowest BCUT2D eigenvalue weighted by Crippen LogP contribution is -2.48. The smallest absolute Gasteiger partial charge is 0.326 e. The number of aromatic nitrogens is 1. The van der Waals surface area contributed by atoms with Gasteiger partial charge in [-0.2, -0.15) is 0 Å². The minimum absolute atomic E-state index is 0.274. The first-order valence-electron chi connectivity index (χ1n) is 8.82. The minimum atomic E-state index is -1.00. The normalized spacial score (nSPS) is 15.7. The Bertz CT molecular complexity index is 1000. The van der Waals surface area contributed by atoms with E-state index in [1.807, 2.05) is 29.6 Å². The average molecular weight is 394 g/mol. The summed E-state index contributed by atoms with van der Waals surface area (Å²) in [6, 6.07) is 13.6. The lowest BCUT2D eigenvalue weighted by molar-refractivity contribution is -0.142. The van der Waals surface area contributed by atoms with Crippen LogP contribution in [0.3, 0.4) is 0 Å². The Hall–Kier alpha value is -3.19. The van der Waals surface area contributed by atoms with Gasteiger partial charge in [-0.1, -0.05) is 30.3 Å². The van der Waals surface area contributed by atoms with E-state index in [0.29, 0.717) is 24.3 Å². The molecule has 1 amide bonds. The second-order valence-corrected chi connectivity index (χ2v) is 7.27. The maximum Gasteiger partial charge on any atom is 0.326 e. The first-order chi connectivity index (χ1) is 13.6. The van der Waals surface area contributed by atoms with Crippen LogP contribution in [0, 0.1) is 0 Å². The molecule has 1 aromatic heterocycles. The summed E-state index contributed by atoms with van der Waals surface area (Å²) in [6.07, 6.45) is 0.303. The summed E-state index contributed by atoms with van der Waals surface area (Å²) in [4.78, 5) is 30.5. The third kappa shape index (κ3) is 3.75. The number of carbonyl (C=O) groups excluding carboxylic acids is 1. The summed E-state index contributed by atoms with van der Waals surface area (Å²) in [5.41, 5.74) is 4.91. The monoisotopic (exact) mass is 394 g/mol. The van der Waals surface area contributed by atoms with E-state index in [1.165, 1.54) is 16.2 Å². The highest BCUT2D eigenvalue weighted by molar-refractivity contribution is 7.07. The molecule has 6 nitrogen and oxygen atoms in total. The molecule has 1 aliphatic rings. The number of rotatable bonds is 5. The molecule has 0 radical (unpaired) electrons. The second kappa shape index (κ2) is 7.82. The van der Waals surface area contributed by atoms with Crippen molar-refractivity contribution in [3.8, 4) is 5.75 Å². The molecule has 28 heavy (non-hydrogen) atoms. The lowest BCUT2D eigenvalue weighted by atomic mass is 9.93. The molecule has 0 spiro atoms. The molecular formula is C21H18N2O4S. The van der Waals surface area contributed by atoms with Crippen LogP contribution in [0.1, 0.15) is 27.2 Å². The quantitative estimate of drug-likeness (QED) is 0.718. The molecule has 0 saturated heterocycles. The molecule has 0 bridgehead atoms. The highest BCUT2D eigenvalue weighted by Gasteiger charge is 2.35. The number of hydrogen-bond donors (Lipinski definition) is 1. The number of benzene rings is 2. The van der Waals surface area contributed by atoms with Gasteiger partial charge in [0.1, 0.15) is 18.4 Å². The van der Waals surface area contributed by atoms with Crippen molar-refractivity contribution in [3.05, 3.63) is 81.8 Å². The van der Waals surface area contributed by atoms with Gasteiger partial charge in [-0.05, 0) is 29.3 Å². The predicted octanol–water partition coefficient (Wildman–Crippen LogP) is 3.37. The van der Waals surface area contributed by atoms with Crippen LogP contribution in [0.25, 0.3) is 0 Å². The Kier molecular flexibility index (Phi) is 5.08. The Morgan fingerprint density at radius 1 is 1.18 bits per heavy atom. The molecule has 1 atom stereocenters. The highest BCUT2D eigenvalue weighted by atomic mass is 32.1. The summed E-state index contributed by atoms with van der Waals surface area (Å²) in [6.45, 7) is 0.589. The molecule has 7 heteroatoms. The van der Waals surface area contributed by atoms with Gasteiger partial charge in [0.2, 0.25) is 0 Å². The van der Waals surface area contributed by atoms with Crippen molar-refractivity contribution < 1.29 is 19.4 Å². The SMILES string of the molecule is O=C(O)C1Cc2ccccc2CN1C(=O)c1cccc(OCc2cscn2)c1. The molecule has 0 saturated carbocycles. The summed E-state index contributed by atoms with van der Waals surface area (Å²) >= 11 is 1.49. The predicted molar refractivity (Wildman–Crippen MR) is 104 cm³/mol. The third-order valence-electron chi connectivity index (χ3n) is 4.75. The van der Waals surface area contributed by atoms with Gasteiger partial charge in [-0.25, -0.2) is 9.78 Å². The standard InChI is InChI=1S/C21H18N2O4S/c24-20(15-6-3-7-18(8-15)27-11-17-12-28-13-22-17)23-10-16-5-2-1-4-14(16)9-19(23)21(25)26/h1-8,12-13,19H,9-11H2,(H,25,26). The van der Waals surface area contributed by atoms with E-state index in [-0.39, 0.29) is 12.5 Å². The molecule has 1 unspecified atom stereocenters. The van der Waals surface area contributed by atoms with Crippen molar-refractivity contribution in [1.82, 2.24) is 9.88 Å². The van der Waals surface area contributed by atoms with Gasteiger partial charge in [0.25, 0.3) is 5.91 Å². The average Bonchev–Trinajstić information content (AvgIpc) is 3.24. The summed E-state index contributed by atoms with van der Waals surface area (Å²) in [5, 5.41) is 11.6. The van der Waals surface area contributed by atoms with E-state index in [4.69, 9.17) is 4.74 Å². The van der Waals surface area contributed by atoms with Crippen LogP contribution in [-0.2, 0) is 24.4 Å². The van der Waals surface area contributed by atoms with Crippen molar-refractivity contribution in [3.63, 3.8) is 0 Å². The number of hydrogen-bond acceptors (Lipinski definition) is 5. The van der Waals surface area contributed by atoms with E-state index in [9.17, 15) is 14.7 Å². The number of ether oxygens (including phenoxy) is 1. The number of nitrogens with zero attached hydrogens (tertiary/aromatic N) is 2. The number of carboxylic acids is 1. The van der Waals surface area contributed by atoms with Crippen LogP contribution in [0.4, 0.5) is 0 Å². The molecule has 4 rings (SSSR count). The van der Waals surface area contributed by atoms with Crippen LogP contribution < -0.4 is 4.74 Å². The Morgan fingerprint density at radius 2 is 2.00 bits per heavy atom. The molecule has 0 fully saturated rings. The van der Waals surface area contributed by atoms with Crippen LogP contribution in [0.15, 0.2) is 59.4 Å². The maximum absolute atomic E-state index is 13.1. The van der Waals surface area contributed by atoms with Gasteiger partial charge < -0.3 is 14.7 Å². The number of amides is 1. The summed E-state index contributed by atoms with van der Waals surface area (Å²) in [7, 11) is 0. The lowest BCUT2D eigenvalue weighted by Gasteiger charge is -2.34. The van der Waals surface area contributed by atoms with Crippen molar-refractivity contribution in [2.45, 2.75) is 25.6 Å². The van der Waals surface area contributed by atoms with Crippen molar-refractivity contribution in [2.24, 2.45) is 0 Å². The molecular weight excluding hydrogens is 376 g/mol. The van der Waals surface area contributed by atoms with E-state index < -0.39 is 12.0 Å². The van der Waals surface area contributed by atoms with Crippen molar-refractivity contribution >= 4 is 23.2 Å². The number of thiazole rings is 1. The van der Waals surface area contributed by atoms with Gasteiger partial charge in [-0.3, -0.25) is 4.79 Å². The first-order valence-corrected chi connectivity index (χ1v) is 9.76. The Labute approximate surface area is 166 Å². The van der Waals surface area contributed by atoms with E-state index in [2.05, 4.69) is 4.98 Å². The number of aliphatic carboxylic acids is 1.